The fraction of sp³-hybridized carbons (Fsp3) is 0.163. The van der Waals surface area contributed by atoms with Crippen LogP contribution in [0.25, 0.3) is 0 Å². The highest BCUT2D eigenvalue weighted by Crippen LogP contribution is 2.34. The van der Waals surface area contributed by atoms with Crippen LogP contribution in [0.15, 0.2) is 165 Å². The van der Waals surface area contributed by atoms with Gasteiger partial charge in [-0.2, -0.15) is 0 Å². The molecule has 268 valence electrons. The Morgan fingerprint density at radius 1 is 0.442 bits per heavy atom. The van der Waals surface area contributed by atoms with Gasteiger partial charge in [-0.15, -0.1) is 0 Å². The van der Waals surface area contributed by atoms with Crippen molar-refractivity contribution in [1.29, 1.82) is 0 Å². The van der Waals surface area contributed by atoms with Gasteiger partial charge in [0.2, 0.25) is 9.84 Å². The normalized spacial score (nSPS) is 12.5. The average Bonchev–Trinajstić information content (AvgIpc) is 3.16. The Balaban J connectivity index is 0.000000244. The smallest absolute Gasteiger partial charge is 0.206 e. The molecule has 52 heavy (non-hydrogen) atoms. The number of aryl methyl sites for hydroxylation is 2. The second-order valence-corrected chi connectivity index (χ2v) is 18.1. The summed E-state index contributed by atoms with van der Waals surface area (Å²) < 4.78 is 54.1. The van der Waals surface area contributed by atoms with Crippen molar-refractivity contribution in [2.75, 3.05) is 14.2 Å². The van der Waals surface area contributed by atoms with Crippen molar-refractivity contribution in [2.45, 2.75) is 52.7 Å². The first-order valence-electron chi connectivity index (χ1n) is 16.5. The Morgan fingerprint density at radius 2 is 0.731 bits per heavy atom. The van der Waals surface area contributed by atoms with Crippen LogP contribution >= 0.6 is 0 Å². The van der Waals surface area contributed by atoms with Gasteiger partial charge in [0, 0.05) is 15.2 Å². The van der Waals surface area contributed by atoms with Gasteiger partial charge < -0.3 is 14.2 Å². The lowest BCUT2D eigenvalue weighted by Gasteiger charge is -2.26. The second kappa shape index (κ2) is 16.2. The molecule has 0 saturated heterocycles. The molecule has 6 rings (SSSR count). The molecular formula is C43H42O6S3. The van der Waals surface area contributed by atoms with Gasteiger partial charge in [0.15, 0.2) is 0 Å². The molecule has 9 heteroatoms. The SMILES string of the molecule is COc1ccc(S(=O)(=O)c2ccc(C)cc2)cc1.COc1ccc(S(=O)(=S)c2ccc(Oc3ccc(C(C)(C)c4ccc(C)cc4)cc3)cc2)cc1. The van der Waals surface area contributed by atoms with Crippen LogP contribution in [0.3, 0.4) is 0 Å². The van der Waals surface area contributed by atoms with Gasteiger partial charge in [0.05, 0.1) is 32.5 Å². The summed E-state index contributed by atoms with van der Waals surface area (Å²) in [6.45, 7) is 8.47. The third-order valence-electron chi connectivity index (χ3n) is 8.79. The first-order chi connectivity index (χ1) is 24.7. The summed E-state index contributed by atoms with van der Waals surface area (Å²) in [6.07, 6.45) is 0. The first-order valence-corrected chi connectivity index (χ1v) is 20.5. The fourth-order valence-electron chi connectivity index (χ4n) is 5.40. The van der Waals surface area contributed by atoms with Crippen LogP contribution < -0.4 is 14.2 Å². The van der Waals surface area contributed by atoms with Gasteiger partial charge in [-0.3, -0.25) is 0 Å². The molecule has 0 aromatic heterocycles. The first kappa shape index (κ1) is 38.3. The van der Waals surface area contributed by atoms with E-state index in [1.807, 2.05) is 19.1 Å². The molecule has 1 unspecified atom stereocenters. The van der Waals surface area contributed by atoms with Crippen LogP contribution in [0.1, 0.15) is 36.1 Å². The standard InChI is InChI=1S/C29H28O3S2.C14H14O3S/c1-21-5-7-22(8-6-21)29(2,3)23-9-11-25(12-10-23)32-26-15-19-28(20-16-26)34(30,33)27-17-13-24(31-4)14-18-27;1-11-3-7-13(8-4-11)18(15,16)14-9-5-12(17-2)6-10-14/h5-20H,1-4H3;3-10H,1-2H3. The molecule has 0 spiro atoms. The number of hydrogen-bond acceptors (Lipinski definition) is 7. The van der Waals surface area contributed by atoms with E-state index in [1.54, 1.807) is 111 Å². The van der Waals surface area contributed by atoms with E-state index in [9.17, 15) is 12.6 Å². The largest absolute Gasteiger partial charge is 0.497 e. The summed E-state index contributed by atoms with van der Waals surface area (Å²) in [5.74, 6) is 2.74. The quantitative estimate of drug-likeness (QED) is 0.138. The molecule has 0 aliphatic rings. The lowest BCUT2D eigenvalue weighted by Crippen LogP contribution is -2.18. The number of rotatable bonds is 10. The monoisotopic (exact) mass is 750 g/mol. The molecule has 0 amide bonds. The van der Waals surface area contributed by atoms with Crippen LogP contribution in [0.5, 0.6) is 23.0 Å². The van der Waals surface area contributed by atoms with Crippen molar-refractivity contribution in [3.63, 3.8) is 0 Å². The Bertz CT molecular complexity index is 2300. The summed E-state index contributed by atoms with van der Waals surface area (Å²) in [5, 5.41) is 0. The van der Waals surface area contributed by atoms with E-state index in [0.717, 1.165) is 11.3 Å². The molecule has 6 aromatic carbocycles. The minimum absolute atomic E-state index is 0.112. The zero-order chi connectivity index (χ0) is 37.5. The summed E-state index contributed by atoms with van der Waals surface area (Å²) >= 11 is 5.47. The summed E-state index contributed by atoms with van der Waals surface area (Å²) in [6, 6.07) is 44.2. The predicted molar refractivity (Wildman–Crippen MR) is 211 cm³/mol. The summed E-state index contributed by atoms with van der Waals surface area (Å²) in [5.41, 5.74) is 4.66. The minimum Gasteiger partial charge on any atom is -0.497 e. The highest BCUT2D eigenvalue weighted by Gasteiger charge is 2.23. The maximum atomic E-state index is 13.3. The number of ether oxygens (including phenoxy) is 3. The Morgan fingerprint density at radius 3 is 1.12 bits per heavy atom. The van der Waals surface area contributed by atoms with Crippen LogP contribution in [-0.4, -0.2) is 26.8 Å². The van der Waals surface area contributed by atoms with E-state index < -0.39 is 18.3 Å². The molecule has 6 nitrogen and oxygen atoms in total. The van der Waals surface area contributed by atoms with Gasteiger partial charge in [0.1, 0.15) is 23.0 Å². The lowest BCUT2D eigenvalue weighted by molar-refractivity contribution is 0.414. The van der Waals surface area contributed by atoms with Gasteiger partial charge in [0.25, 0.3) is 0 Å². The van der Waals surface area contributed by atoms with Gasteiger partial charge in [-0.05, 0) is 133 Å². The molecule has 0 aliphatic heterocycles. The van der Waals surface area contributed by atoms with E-state index in [-0.39, 0.29) is 10.3 Å². The fourth-order valence-corrected chi connectivity index (χ4v) is 8.59. The van der Waals surface area contributed by atoms with E-state index in [4.69, 9.17) is 25.4 Å². The third kappa shape index (κ3) is 8.91. The molecule has 0 fully saturated rings. The number of hydrogen-bond donors (Lipinski definition) is 0. The maximum absolute atomic E-state index is 13.3. The van der Waals surface area contributed by atoms with Crippen LogP contribution in [0.2, 0.25) is 0 Å². The van der Waals surface area contributed by atoms with E-state index >= 15 is 0 Å². The van der Waals surface area contributed by atoms with Crippen molar-refractivity contribution in [3.8, 4) is 23.0 Å². The highest BCUT2D eigenvalue weighted by atomic mass is 32.8. The van der Waals surface area contributed by atoms with Crippen LogP contribution in [-0.2, 0) is 34.9 Å². The predicted octanol–water partition coefficient (Wildman–Crippen LogP) is 10.1. The van der Waals surface area contributed by atoms with Crippen molar-refractivity contribution in [2.24, 2.45) is 0 Å². The van der Waals surface area contributed by atoms with E-state index in [2.05, 4.69) is 57.2 Å². The molecule has 0 aliphatic carbocycles. The topological polar surface area (TPSA) is 78.9 Å². The highest BCUT2D eigenvalue weighted by molar-refractivity contribution is 8.33. The zero-order valence-corrected chi connectivity index (χ0v) is 32.5. The molecular weight excluding hydrogens is 709 g/mol. The number of sulfone groups is 1. The zero-order valence-electron chi connectivity index (χ0n) is 30.0. The molecule has 6 aromatic rings. The van der Waals surface area contributed by atoms with Crippen molar-refractivity contribution >= 4 is 29.5 Å². The second-order valence-electron chi connectivity index (χ2n) is 12.8. The number of methoxy groups -OCH3 is 2. The van der Waals surface area contributed by atoms with E-state index in [0.29, 0.717) is 31.9 Å². The Kier molecular flexibility index (Phi) is 11.9. The summed E-state index contributed by atoms with van der Waals surface area (Å²) in [7, 11) is -3.08. The molecule has 0 heterocycles. The molecule has 0 N–H and O–H groups in total. The third-order valence-corrected chi connectivity index (χ3v) is 13.5. The van der Waals surface area contributed by atoms with Gasteiger partial charge in [-0.1, -0.05) is 73.5 Å². The van der Waals surface area contributed by atoms with Crippen molar-refractivity contribution in [1.82, 2.24) is 0 Å². The minimum atomic E-state index is -3.44. The molecule has 0 saturated carbocycles. The Labute approximate surface area is 312 Å². The number of benzene rings is 6. The Hall–Kier alpha value is -4.96. The lowest BCUT2D eigenvalue weighted by atomic mass is 9.78. The van der Waals surface area contributed by atoms with Gasteiger partial charge >= 0.3 is 0 Å². The molecule has 0 bridgehead atoms. The molecule has 0 radical (unpaired) electrons. The van der Waals surface area contributed by atoms with Crippen molar-refractivity contribution in [3.05, 3.63) is 168 Å². The average molecular weight is 751 g/mol. The maximum Gasteiger partial charge on any atom is 0.206 e. The summed E-state index contributed by atoms with van der Waals surface area (Å²) in [4.78, 5) is 1.74. The van der Waals surface area contributed by atoms with E-state index in [1.165, 1.54) is 16.7 Å². The molecule has 1 atom stereocenters. The van der Waals surface area contributed by atoms with Crippen molar-refractivity contribution < 1.29 is 26.8 Å². The van der Waals surface area contributed by atoms with Gasteiger partial charge in [-0.25, -0.2) is 12.6 Å². The van der Waals surface area contributed by atoms with Crippen LogP contribution in [0, 0.1) is 13.8 Å². The van der Waals surface area contributed by atoms with Crippen LogP contribution in [0.4, 0.5) is 0 Å².